The van der Waals surface area contributed by atoms with Crippen LogP contribution in [-0.4, -0.2) is 15.5 Å². The third-order valence-corrected chi connectivity index (χ3v) is 3.27. The van der Waals surface area contributed by atoms with Crippen molar-refractivity contribution in [2.75, 3.05) is 0 Å². The third-order valence-electron chi connectivity index (χ3n) is 2.19. The summed E-state index contributed by atoms with van der Waals surface area (Å²) in [5, 5.41) is 0. The van der Waals surface area contributed by atoms with Gasteiger partial charge in [0.2, 0.25) is 0 Å². The van der Waals surface area contributed by atoms with Crippen LogP contribution in [-0.2, 0) is 9.53 Å². The summed E-state index contributed by atoms with van der Waals surface area (Å²) in [6.07, 6.45) is 6.82. The number of esters is 1. The SMILES string of the molecule is CCCCCCCC(OC(C)=O)C(Cl)I. The van der Waals surface area contributed by atoms with E-state index in [9.17, 15) is 4.79 Å². The van der Waals surface area contributed by atoms with E-state index in [-0.39, 0.29) is 15.5 Å². The summed E-state index contributed by atoms with van der Waals surface area (Å²) >= 11 is 8.03. The van der Waals surface area contributed by atoms with Gasteiger partial charge in [-0.05, 0) is 12.8 Å². The Morgan fingerprint density at radius 3 is 2.40 bits per heavy atom. The van der Waals surface area contributed by atoms with Gasteiger partial charge >= 0.3 is 5.97 Å². The molecule has 0 aliphatic rings. The summed E-state index contributed by atoms with van der Waals surface area (Å²) in [7, 11) is 0. The van der Waals surface area contributed by atoms with Crippen molar-refractivity contribution >= 4 is 40.2 Å². The second-order valence-corrected chi connectivity index (χ2v) is 6.23. The number of rotatable bonds is 8. The van der Waals surface area contributed by atoms with Crippen LogP contribution in [0, 0.1) is 0 Å². The summed E-state index contributed by atoms with van der Waals surface area (Å²) in [5.74, 6) is -0.240. The highest BCUT2D eigenvalue weighted by Crippen LogP contribution is 2.20. The lowest BCUT2D eigenvalue weighted by Gasteiger charge is -2.17. The van der Waals surface area contributed by atoms with Crippen LogP contribution in [0.15, 0.2) is 0 Å². The van der Waals surface area contributed by atoms with Crippen LogP contribution >= 0.6 is 34.2 Å². The van der Waals surface area contributed by atoms with Gasteiger partial charge in [0.25, 0.3) is 0 Å². The van der Waals surface area contributed by atoms with Crippen molar-refractivity contribution in [3.05, 3.63) is 0 Å². The first-order chi connectivity index (χ1) is 7.07. The fraction of sp³-hybridized carbons (Fsp3) is 0.909. The van der Waals surface area contributed by atoms with Crippen LogP contribution in [0.1, 0.15) is 52.4 Å². The first-order valence-corrected chi connectivity index (χ1v) is 7.21. The zero-order valence-corrected chi connectivity index (χ0v) is 12.4. The number of ether oxygens (including phenoxy) is 1. The number of alkyl halides is 2. The quantitative estimate of drug-likeness (QED) is 0.284. The van der Waals surface area contributed by atoms with Crippen LogP contribution in [0.5, 0.6) is 0 Å². The topological polar surface area (TPSA) is 26.3 Å². The highest BCUT2D eigenvalue weighted by molar-refractivity contribution is 14.1. The van der Waals surface area contributed by atoms with Crippen molar-refractivity contribution in [2.24, 2.45) is 0 Å². The van der Waals surface area contributed by atoms with Crippen molar-refractivity contribution in [3.63, 3.8) is 0 Å². The molecule has 0 heterocycles. The zero-order chi connectivity index (χ0) is 11.7. The molecule has 4 heteroatoms. The van der Waals surface area contributed by atoms with Gasteiger partial charge in [-0.15, -0.1) is 11.6 Å². The summed E-state index contributed by atoms with van der Waals surface area (Å²) in [4.78, 5) is 10.8. The van der Waals surface area contributed by atoms with Crippen LogP contribution in [0.2, 0.25) is 0 Å². The molecule has 0 N–H and O–H groups in total. The van der Waals surface area contributed by atoms with Crippen molar-refractivity contribution in [3.8, 4) is 0 Å². The Morgan fingerprint density at radius 2 is 1.93 bits per heavy atom. The third kappa shape index (κ3) is 9.42. The van der Waals surface area contributed by atoms with Crippen LogP contribution in [0.3, 0.4) is 0 Å². The largest absolute Gasteiger partial charge is 0.460 e. The molecule has 2 atom stereocenters. The Kier molecular flexibility index (Phi) is 10.0. The Hall–Kier alpha value is 0.490. The van der Waals surface area contributed by atoms with E-state index < -0.39 is 0 Å². The van der Waals surface area contributed by atoms with Crippen LogP contribution < -0.4 is 0 Å². The van der Waals surface area contributed by atoms with Gasteiger partial charge in [-0.1, -0.05) is 55.2 Å². The molecule has 0 aliphatic carbocycles. The molecule has 90 valence electrons. The van der Waals surface area contributed by atoms with Crippen LogP contribution in [0.25, 0.3) is 0 Å². The van der Waals surface area contributed by atoms with E-state index >= 15 is 0 Å². The average Bonchev–Trinajstić information content (AvgIpc) is 2.15. The lowest BCUT2D eigenvalue weighted by molar-refractivity contribution is -0.145. The predicted octanol–water partition coefficient (Wildman–Crippen LogP) is 4.28. The maximum absolute atomic E-state index is 10.8. The normalized spacial score (nSPS) is 14.7. The molecule has 0 aromatic carbocycles. The first-order valence-electron chi connectivity index (χ1n) is 5.53. The first kappa shape index (κ1) is 15.5. The number of halogens is 2. The van der Waals surface area contributed by atoms with E-state index in [4.69, 9.17) is 16.3 Å². The summed E-state index contributed by atoms with van der Waals surface area (Å²) < 4.78 is 5.01. The number of hydrogen-bond acceptors (Lipinski definition) is 2. The molecule has 0 fully saturated rings. The molecule has 0 saturated carbocycles. The van der Waals surface area contributed by atoms with E-state index in [0.717, 1.165) is 12.8 Å². The molecule has 0 rings (SSSR count). The molecule has 0 amide bonds. The maximum atomic E-state index is 10.8. The number of hydrogen-bond donors (Lipinski definition) is 0. The lowest BCUT2D eigenvalue weighted by Crippen LogP contribution is -2.22. The molecule has 2 nitrogen and oxygen atoms in total. The van der Waals surface area contributed by atoms with Crippen molar-refractivity contribution < 1.29 is 9.53 Å². The van der Waals surface area contributed by atoms with Gasteiger partial charge in [0.05, 0.1) is 0 Å². The highest BCUT2D eigenvalue weighted by atomic mass is 127. The molecule has 0 radical (unpaired) electrons. The van der Waals surface area contributed by atoms with Gasteiger partial charge in [-0.2, -0.15) is 0 Å². The number of unbranched alkanes of at least 4 members (excludes halogenated alkanes) is 4. The summed E-state index contributed by atoms with van der Waals surface area (Å²) in [5.41, 5.74) is 0. The van der Waals surface area contributed by atoms with Gasteiger partial charge in [-0.25, -0.2) is 0 Å². The molecule has 2 unspecified atom stereocenters. The minimum absolute atomic E-state index is 0.127. The van der Waals surface area contributed by atoms with Gasteiger partial charge in [0, 0.05) is 6.92 Å². The molecule has 15 heavy (non-hydrogen) atoms. The second-order valence-electron chi connectivity index (χ2n) is 3.69. The lowest BCUT2D eigenvalue weighted by atomic mass is 10.1. The van der Waals surface area contributed by atoms with Gasteiger partial charge in [-0.3, -0.25) is 4.79 Å². The van der Waals surface area contributed by atoms with Gasteiger partial charge in [0.1, 0.15) is 9.49 Å². The molecule has 0 spiro atoms. The van der Waals surface area contributed by atoms with Crippen molar-refractivity contribution in [1.29, 1.82) is 0 Å². The Bertz CT molecular complexity index is 174. The molecule has 0 aromatic heterocycles. The maximum Gasteiger partial charge on any atom is 0.302 e. The van der Waals surface area contributed by atoms with Gasteiger partial charge < -0.3 is 4.74 Å². The summed E-state index contributed by atoms with van der Waals surface area (Å²) in [6.45, 7) is 3.63. The van der Waals surface area contributed by atoms with E-state index in [1.807, 2.05) is 0 Å². The zero-order valence-electron chi connectivity index (χ0n) is 9.47. The molecule has 0 bridgehead atoms. The Morgan fingerprint density at radius 1 is 1.33 bits per heavy atom. The average molecular weight is 347 g/mol. The highest BCUT2D eigenvalue weighted by Gasteiger charge is 2.18. The van der Waals surface area contributed by atoms with E-state index in [0.29, 0.717) is 0 Å². The molecular weight excluding hydrogens is 326 g/mol. The van der Waals surface area contributed by atoms with E-state index in [2.05, 4.69) is 29.5 Å². The fourth-order valence-corrected chi connectivity index (χ4v) is 2.08. The van der Waals surface area contributed by atoms with Crippen molar-refractivity contribution in [2.45, 2.75) is 61.9 Å². The minimum Gasteiger partial charge on any atom is -0.460 e. The standard InChI is InChI=1S/C11H20ClIO2/c1-3-4-5-6-7-8-10(11(12)13)15-9(2)14/h10-11H,3-8H2,1-2H3. The monoisotopic (exact) mass is 346 g/mol. The fourth-order valence-electron chi connectivity index (χ4n) is 1.40. The second kappa shape index (κ2) is 9.70. The molecule has 0 saturated heterocycles. The summed E-state index contributed by atoms with van der Waals surface area (Å²) in [6, 6.07) is 0. The Balaban J connectivity index is 3.62. The molecular formula is C11H20ClIO2. The Labute approximate surface area is 111 Å². The predicted molar refractivity (Wildman–Crippen MR) is 72.6 cm³/mol. The minimum atomic E-state index is -0.240. The molecule has 0 aromatic rings. The number of carbonyl (C=O) groups is 1. The molecule has 0 aliphatic heterocycles. The van der Waals surface area contributed by atoms with E-state index in [1.165, 1.54) is 32.6 Å². The van der Waals surface area contributed by atoms with Crippen molar-refractivity contribution in [1.82, 2.24) is 0 Å². The number of carbonyl (C=O) groups excluding carboxylic acids is 1. The smallest absolute Gasteiger partial charge is 0.302 e. The van der Waals surface area contributed by atoms with Gasteiger partial charge in [0.15, 0.2) is 0 Å². The van der Waals surface area contributed by atoms with E-state index in [1.54, 1.807) is 0 Å². The van der Waals surface area contributed by atoms with Crippen LogP contribution in [0.4, 0.5) is 0 Å².